The Morgan fingerprint density at radius 1 is 1.38 bits per heavy atom. The third kappa shape index (κ3) is 6.64. The van der Waals surface area contributed by atoms with Crippen LogP contribution in [0.25, 0.3) is 0 Å². The predicted octanol–water partition coefficient (Wildman–Crippen LogP) is 3.49. The smallest absolute Gasteiger partial charge is 0.222 e. The van der Waals surface area contributed by atoms with Crippen LogP contribution >= 0.6 is 35.6 Å². The normalized spacial score (nSPS) is 20.6. The van der Waals surface area contributed by atoms with Gasteiger partial charge in [0.2, 0.25) is 5.91 Å². The van der Waals surface area contributed by atoms with Crippen LogP contribution in [0.3, 0.4) is 0 Å². The standard InChI is InChI=1S/C21H32ClN5O.HI/c1-3-18(27-12-5-8-20(27)28)9-11-24-21(23-2)25-17-10-13-26(15-17)19-7-4-6-16(22)14-19;/h4,6-7,14,17-18H,3,5,8-13,15H2,1-2H3,(H2,23,24,25);1H. The topological polar surface area (TPSA) is 60.0 Å². The molecule has 1 aromatic carbocycles. The largest absolute Gasteiger partial charge is 0.369 e. The summed E-state index contributed by atoms with van der Waals surface area (Å²) >= 11 is 6.12. The Kier molecular flexibility index (Phi) is 9.82. The molecule has 8 heteroatoms. The lowest BCUT2D eigenvalue weighted by atomic mass is 10.1. The van der Waals surface area contributed by atoms with E-state index in [1.54, 1.807) is 7.05 Å². The summed E-state index contributed by atoms with van der Waals surface area (Å²) in [7, 11) is 1.81. The van der Waals surface area contributed by atoms with Gasteiger partial charge >= 0.3 is 0 Å². The van der Waals surface area contributed by atoms with Crippen molar-refractivity contribution in [2.24, 2.45) is 4.99 Å². The van der Waals surface area contributed by atoms with Crippen molar-refractivity contribution in [1.29, 1.82) is 0 Å². The molecule has 3 rings (SSSR count). The molecule has 1 aromatic rings. The van der Waals surface area contributed by atoms with Gasteiger partial charge in [0.25, 0.3) is 0 Å². The molecule has 6 nitrogen and oxygen atoms in total. The number of anilines is 1. The van der Waals surface area contributed by atoms with Gasteiger partial charge in [-0.15, -0.1) is 24.0 Å². The zero-order valence-electron chi connectivity index (χ0n) is 17.4. The fourth-order valence-electron chi connectivity index (χ4n) is 4.17. The maximum Gasteiger partial charge on any atom is 0.222 e. The second-order valence-corrected chi connectivity index (χ2v) is 8.03. The van der Waals surface area contributed by atoms with Gasteiger partial charge in [0.05, 0.1) is 0 Å². The first-order valence-electron chi connectivity index (χ1n) is 10.4. The van der Waals surface area contributed by atoms with E-state index in [-0.39, 0.29) is 24.0 Å². The van der Waals surface area contributed by atoms with Crippen molar-refractivity contribution in [3.05, 3.63) is 29.3 Å². The Hall–Kier alpha value is -1.22. The van der Waals surface area contributed by atoms with E-state index in [4.69, 9.17) is 11.6 Å². The van der Waals surface area contributed by atoms with Crippen LogP contribution in [0.5, 0.6) is 0 Å². The summed E-state index contributed by atoms with van der Waals surface area (Å²) in [6, 6.07) is 8.70. The summed E-state index contributed by atoms with van der Waals surface area (Å²) in [6.07, 6.45) is 4.71. The first-order chi connectivity index (χ1) is 13.6. The van der Waals surface area contributed by atoms with Gasteiger partial charge in [-0.3, -0.25) is 9.79 Å². The van der Waals surface area contributed by atoms with Crippen molar-refractivity contribution in [2.75, 3.05) is 38.1 Å². The molecule has 0 bridgehead atoms. The molecule has 2 fully saturated rings. The maximum absolute atomic E-state index is 12.0. The molecule has 162 valence electrons. The van der Waals surface area contributed by atoms with E-state index in [0.29, 0.717) is 24.4 Å². The molecule has 2 N–H and O–H groups in total. The third-order valence-corrected chi connectivity index (χ3v) is 5.95. The number of amides is 1. The molecule has 2 atom stereocenters. The zero-order chi connectivity index (χ0) is 19.9. The van der Waals surface area contributed by atoms with Crippen LogP contribution in [0.1, 0.15) is 39.0 Å². The molecule has 0 saturated carbocycles. The molecular formula is C21H33ClIN5O. The van der Waals surface area contributed by atoms with Gasteiger partial charge in [0, 0.05) is 62.4 Å². The first kappa shape index (κ1) is 24.1. The number of hydrogen-bond acceptors (Lipinski definition) is 3. The Labute approximate surface area is 196 Å². The lowest BCUT2D eigenvalue weighted by Gasteiger charge is -2.27. The summed E-state index contributed by atoms with van der Waals surface area (Å²) in [5.74, 6) is 1.14. The molecule has 0 aromatic heterocycles. The second-order valence-electron chi connectivity index (χ2n) is 7.60. The van der Waals surface area contributed by atoms with Gasteiger partial charge in [0.15, 0.2) is 5.96 Å². The number of carbonyl (C=O) groups excluding carboxylic acids is 1. The minimum absolute atomic E-state index is 0. The van der Waals surface area contributed by atoms with Crippen LogP contribution in [0.4, 0.5) is 5.69 Å². The first-order valence-corrected chi connectivity index (χ1v) is 10.8. The SMILES string of the molecule is CCC(CCNC(=NC)NC1CCN(c2cccc(Cl)c2)C1)N1CCCC1=O.I. The highest BCUT2D eigenvalue weighted by atomic mass is 127. The summed E-state index contributed by atoms with van der Waals surface area (Å²) in [5.41, 5.74) is 1.17. The second kappa shape index (κ2) is 11.8. The average molecular weight is 534 g/mol. The van der Waals surface area contributed by atoms with Crippen LogP contribution in [0, 0.1) is 0 Å². The summed E-state index contributed by atoms with van der Waals surface area (Å²) in [5, 5.41) is 7.73. The van der Waals surface area contributed by atoms with Crippen LogP contribution in [0.2, 0.25) is 5.02 Å². The van der Waals surface area contributed by atoms with Gasteiger partial charge in [-0.1, -0.05) is 24.6 Å². The minimum Gasteiger partial charge on any atom is -0.369 e. The lowest BCUT2D eigenvalue weighted by Crippen LogP contribution is -2.46. The van der Waals surface area contributed by atoms with Gasteiger partial charge in [-0.25, -0.2) is 0 Å². The van der Waals surface area contributed by atoms with Gasteiger partial charge < -0.3 is 20.4 Å². The van der Waals surface area contributed by atoms with Crippen molar-refractivity contribution in [2.45, 2.75) is 51.1 Å². The Morgan fingerprint density at radius 3 is 2.86 bits per heavy atom. The lowest BCUT2D eigenvalue weighted by molar-refractivity contribution is -0.129. The fourth-order valence-corrected chi connectivity index (χ4v) is 4.35. The highest BCUT2D eigenvalue weighted by Gasteiger charge is 2.27. The van der Waals surface area contributed by atoms with E-state index in [1.165, 1.54) is 5.69 Å². The summed E-state index contributed by atoms with van der Waals surface area (Å²) in [6.45, 7) is 5.82. The Morgan fingerprint density at radius 2 is 2.21 bits per heavy atom. The van der Waals surface area contributed by atoms with Crippen LogP contribution in [-0.2, 0) is 4.79 Å². The number of benzene rings is 1. The van der Waals surface area contributed by atoms with E-state index in [9.17, 15) is 4.79 Å². The van der Waals surface area contributed by atoms with Crippen LogP contribution < -0.4 is 15.5 Å². The maximum atomic E-state index is 12.0. The van der Waals surface area contributed by atoms with Crippen molar-refractivity contribution in [1.82, 2.24) is 15.5 Å². The van der Waals surface area contributed by atoms with Crippen LogP contribution in [0.15, 0.2) is 29.3 Å². The number of rotatable bonds is 7. The quantitative estimate of drug-likeness (QED) is 0.320. The summed E-state index contributed by atoms with van der Waals surface area (Å²) in [4.78, 5) is 20.8. The number of nitrogens with zero attached hydrogens (tertiary/aromatic N) is 3. The molecule has 29 heavy (non-hydrogen) atoms. The predicted molar refractivity (Wildman–Crippen MR) is 132 cm³/mol. The minimum atomic E-state index is 0. The average Bonchev–Trinajstić information content (AvgIpc) is 3.33. The number of nitrogens with one attached hydrogen (secondary N) is 2. The number of aliphatic imine (C=N–C) groups is 1. The summed E-state index contributed by atoms with van der Waals surface area (Å²) < 4.78 is 0. The Balaban J connectivity index is 0.00000300. The van der Waals surface area contributed by atoms with E-state index in [1.807, 2.05) is 18.2 Å². The zero-order valence-corrected chi connectivity index (χ0v) is 20.5. The molecule has 0 spiro atoms. The van der Waals surface area contributed by atoms with Gasteiger partial charge in [-0.05, 0) is 43.9 Å². The monoisotopic (exact) mass is 533 g/mol. The third-order valence-electron chi connectivity index (χ3n) is 5.72. The van der Waals surface area contributed by atoms with E-state index >= 15 is 0 Å². The number of guanidine groups is 1. The van der Waals surface area contributed by atoms with Crippen LogP contribution in [-0.4, -0.2) is 62.1 Å². The molecule has 2 heterocycles. The molecule has 2 unspecified atom stereocenters. The molecule has 0 radical (unpaired) electrons. The highest BCUT2D eigenvalue weighted by molar-refractivity contribution is 14.0. The van der Waals surface area contributed by atoms with Crippen molar-refractivity contribution in [3.63, 3.8) is 0 Å². The molecule has 2 saturated heterocycles. The van der Waals surface area contributed by atoms with E-state index < -0.39 is 0 Å². The molecular weight excluding hydrogens is 501 g/mol. The molecule has 2 aliphatic heterocycles. The number of halogens is 2. The highest BCUT2D eigenvalue weighted by Crippen LogP contribution is 2.23. The van der Waals surface area contributed by atoms with E-state index in [0.717, 1.165) is 62.8 Å². The molecule has 0 aliphatic carbocycles. The number of carbonyl (C=O) groups is 1. The Bertz CT molecular complexity index is 701. The molecule has 2 aliphatic rings. The number of hydrogen-bond donors (Lipinski definition) is 2. The molecule has 1 amide bonds. The van der Waals surface area contributed by atoms with Crippen molar-refractivity contribution in [3.8, 4) is 0 Å². The van der Waals surface area contributed by atoms with Gasteiger partial charge in [0.1, 0.15) is 0 Å². The van der Waals surface area contributed by atoms with Crippen molar-refractivity contribution >= 4 is 53.1 Å². The van der Waals surface area contributed by atoms with Gasteiger partial charge in [-0.2, -0.15) is 0 Å². The number of likely N-dealkylation sites (tertiary alicyclic amines) is 1. The van der Waals surface area contributed by atoms with E-state index in [2.05, 4.69) is 38.4 Å². The fraction of sp³-hybridized carbons (Fsp3) is 0.619. The van der Waals surface area contributed by atoms with Crippen molar-refractivity contribution < 1.29 is 4.79 Å².